The van der Waals surface area contributed by atoms with Gasteiger partial charge < -0.3 is 14.7 Å². The summed E-state index contributed by atoms with van der Waals surface area (Å²) in [6.07, 6.45) is 3.90. The van der Waals surface area contributed by atoms with E-state index < -0.39 is 0 Å². The van der Waals surface area contributed by atoms with Crippen LogP contribution in [0.5, 0.6) is 5.75 Å². The van der Waals surface area contributed by atoms with Gasteiger partial charge >= 0.3 is 0 Å². The number of unbranched alkanes of at least 4 members (excludes halogenated alkanes) is 1. The van der Waals surface area contributed by atoms with Crippen LogP contribution in [0.3, 0.4) is 0 Å². The maximum Gasteiger partial charge on any atom is 0.123 e. The second-order valence-electron chi connectivity index (χ2n) is 4.64. The first kappa shape index (κ1) is 13.9. The lowest BCUT2D eigenvalue weighted by Crippen LogP contribution is -2.08. The fourth-order valence-corrected chi connectivity index (χ4v) is 2.27. The van der Waals surface area contributed by atoms with Crippen molar-refractivity contribution in [2.45, 2.75) is 32.6 Å². The summed E-state index contributed by atoms with van der Waals surface area (Å²) in [5.41, 5.74) is 2.90. The molecule has 0 aliphatic heterocycles. The number of ether oxygens (including phenoxy) is 2. The summed E-state index contributed by atoms with van der Waals surface area (Å²) in [6.45, 7) is 4.12. The quantitative estimate of drug-likeness (QED) is 0.467. The van der Waals surface area contributed by atoms with Crippen molar-refractivity contribution in [3.05, 3.63) is 29.3 Å². The molecule has 1 aromatic rings. The second kappa shape index (κ2) is 7.14. The molecule has 1 aliphatic carbocycles. The van der Waals surface area contributed by atoms with Crippen molar-refractivity contribution in [2.75, 3.05) is 19.8 Å². The van der Waals surface area contributed by atoms with E-state index in [1.54, 1.807) is 0 Å². The number of hydrogen-bond donors (Lipinski definition) is 1. The van der Waals surface area contributed by atoms with Crippen molar-refractivity contribution in [3.63, 3.8) is 0 Å². The highest BCUT2D eigenvalue weighted by molar-refractivity contribution is 6.04. The Hall–Kier alpha value is -1.55. The smallest absolute Gasteiger partial charge is 0.123 e. The lowest BCUT2D eigenvalue weighted by molar-refractivity contribution is 0.0978. The maximum atomic E-state index is 8.93. The van der Waals surface area contributed by atoms with E-state index in [1.807, 2.05) is 18.2 Å². The topological polar surface area (TPSA) is 51.0 Å². The number of rotatable bonds is 7. The Morgan fingerprint density at radius 1 is 1.21 bits per heavy atom. The molecular formula is C15H21NO3. The number of fused-ring (bicyclic) bond motifs is 1. The van der Waals surface area contributed by atoms with Gasteiger partial charge in [-0.1, -0.05) is 30.6 Å². The number of hydrogen-bond acceptors (Lipinski definition) is 4. The van der Waals surface area contributed by atoms with Gasteiger partial charge in [0.05, 0.1) is 12.3 Å². The summed E-state index contributed by atoms with van der Waals surface area (Å²) < 4.78 is 11.2. The van der Waals surface area contributed by atoms with Crippen molar-refractivity contribution in [1.29, 1.82) is 0 Å². The summed E-state index contributed by atoms with van der Waals surface area (Å²) in [6, 6.07) is 5.87. The molecule has 0 bridgehead atoms. The highest BCUT2D eigenvalue weighted by Crippen LogP contribution is 2.30. The molecule has 19 heavy (non-hydrogen) atoms. The van der Waals surface area contributed by atoms with Gasteiger partial charge in [0.25, 0.3) is 0 Å². The van der Waals surface area contributed by atoms with Crippen LogP contribution in [-0.4, -0.2) is 30.7 Å². The molecule has 0 radical (unpaired) electrons. The molecule has 0 saturated carbocycles. The van der Waals surface area contributed by atoms with Gasteiger partial charge in [-0.05, 0) is 25.3 Å². The van der Waals surface area contributed by atoms with Crippen molar-refractivity contribution < 1.29 is 14.7 Å². The third-order valence-corrected chi connectivity index (χ3v) is 3.30. The number of nitrogens with zero attached hydrogens (tertiary/aromatic N) is 1. The van der Waals surface area contributed by atoms with Crippen LogP contribution in [0.1, 0.15) is 37.3 Å². The first-order chi connectivity index (χ1) is 9.36. The van der Waals surface area contributed by atoms with Gasteiger partial charge in [-0.15, -0.1) is 0 Å². The molecule has 0 saturated heterocycles. The third-order valence-electron chi connectivity index (χ3n) is 3.30. The minimum absolute atomic E-state index is 0.561. The van der Waals surface area contributed by atoms with E-state index >= 15 is 0 Å². The zero-order chi connectivity index (χ0) is 13.5. The predicted molar refractivity (Wildman–Crippen MR) is 74.3 cm³/mol. The molecule has 0 unspecified atom stereocenters. The standard InChI is InChI=1S/C15H21NO3/c1-2-3-9-18-10-11-19-15-6-4-5-12-13(15)7-8-14(12)16-17/h4-6,17H,2-3,7-11H2,1H3/b16-14+. The van der Waals surface area contributed by atoms with Crippen LogP contribution in [-0.2, 0) is 11.2 Å². The minimum Gasteiger partial charge on any atom is -0.491 e. The van der Waals surface area contributed by atoms with Crippen molar-refractivity contribution in [2.24, 2.45) is 5.16 Å². The number of benzene rings is 1. The molecule has 0 atom stereocenters. The second-order valence-corrected chi connectivity index (χ2v) is 4.64. The maximum absolute atomic E-state index is 8.93. The third kappa shape index (κ3) is 3.47. The van der Waals surface area contributed by atoms with E-state index in [0.717, 1.165) is 54.9 Å². The average molecular weight is 263 g/mol. The summed E-state index contributed by atoms with van der Waals surface area (Å²) in [5.74, 6) is 0.884. The summed E-state index contributed by atoms with van der Waals surface area (Å²) >= 11 is 0. The molecule has 1 aromatic carbocycles. The van der Waals surface area contributed by atoms with Crippen LogP contribution in [0.4, 0.5) is 0 Å². The van der Waals surface area contributed by atoms with Crippen molar-refractivity contribution in [1.82, 2.24) is 0 Å². The molecular weight excluding hydrogens is 242 g/mol. The highest BCUT2D eigenvalue weighted by Gasteiger charge is 2.21. The average Bonchev–Trinajstić information content (AvgIpc) is 2.86. The summed E-state index contributed by atoms with van der Waals surface area (Å²) in [5, 5.41) is 12.3. The van der Waals surface area contributed by atoms with Crippen LogP contribution in [0.2, 0.25) is 0 Å². The fraction of sp³-hybridized carbons (Fsp3) is 0.533. The van der Waals surface area contributed by atoms with Gasteiger partial charge in [-0.25, -0.2) is 0 Å². The first-order valence-electron chi connectivity index (χ1n) is 6.90. The van der Waals surface area contributed by atoms with Gasteiger partial charge in [-0.3, -0.25) is 0 Å². The van der Waals surface area contributed by atoms with Crippen LogP contribution in [0.25, 0.3) is 0 Å². The van der Waals surface area contributed by atoms with Gasteiger partial charge in [-0.2, -0.15) is 0 Å². The van der Waals surface area contributed by atoms with E-state index in [0.29, 0.717) is 13.2 Å². The van der Waals surface area contributed by atoms with Crippen LogP contribution in [0.15, 0.2) is 23.4 Å². The zero-order valence-electron chi connectivity index (χ0n) is 11.4. The molecule has 1 aliphatic rings. The number of oxime groups is 1. The Labute approximate surface area is 114 Å². The molecule has 2 rings (SSSR count). The molecule has 4 nitrogen and oxygen atoms in total. The molecule has 0 amide bonds. The predicted octanol–water partition coefficient (Wildman–Crippen LogP) is 3.01. The Morgan fingerprint density at radius 2 is 2.11 bits per heavy atom. The molecule has 104 valence electrons. The Bertz CT molecular complexity index is 443. The SMILES string of the molecule is CCCCOCCOc1cccc2c1CC/C2=N\O. The monoisotopic (exact) mass is 263 g/mol. The lowest BCUT2D eigenvalue weighted by atomic mass is 10.1. The first-order valence-corrected chi connectivity index (χ1v) is 6.90. The highest BCUT2D eigenvalue weighted by atomic mass is 16.5. The van der Waals surface area contributed by atoms with E-state index in [9.17, 15) is 0 Å². The van der Waals surface area contributed by atoms with Crippen LogP contribution < -0.4 is 4.74 Å². The van der Waals surface area contributed by atoms with Gasteiger partial charge in [0, 0.05) is 17.7 Å². The molecule has 0 fully saturated rings. The van der Waals surface area contributed by atoms with Crippen molar-refractivity contribution >= 4 is 5.71 Å². The van der Waals surface area contributed by atoms with E-state index in [1.165, 1.54) is 0 Å². The molecule has 0 heterocycles. The molecule has 1 N–H and O–H groups in total. The molecule has 4 heteroatoms. The lowest BCUT2D eigenvalue weighted by Gasteiger charge is -2.10. The van der Waals surface area contributed by atoms with Crippen molar-refractivity contribution in [3.8, 4) is 5.75 Å². The zero-order valence-corrected chi connectivity index (χ0v) is 11.4. The Kier molecular flexibility index (Phi) is 5.21. The largest absolute Gasteiger partial charge is 0.491 e. The van der Waals surface area contributed by atoms with Gasteiger partial charge in [0.2, 0.25) is 0 Å². The molecule has 0 spiro atoms. The molecule has 0 aromatic heterocycles. The van der Waals surface area contributed by atoms with Gasteiger partial charge in [0.1, 0.15) is 12.4 Å². The van der Waals surface area contributed by atoms with E-state index in [-0.39, 0.29) is 0 Å². The minimum atomic E-state index is 0.561. The summed E-state index contributed by atoms with van der Waals surface area (Å²) in [4.78, 5) is 0. The van der Waals surface area contributed by atoms with Crippen LogP contribution >= 0.6 is 0 Å². The fourth-order valence-electron chi connectivity index (χ4n) is 2.27. The summed E-state index contributed by atoms with van der Waals surface area (Å²) in [7, 11) is 0. The normalized spacial score (nSPS) is 15.7. The van der Waals surface area contributed by atoms with E-state index in [4.69, 9.17) is 14.7 Å². The van der Waals surface area contributed by atoms with Gasteiger partial charge in [0.15, 0.2) is 0 Å². The Balaban J connectivity index is 1.87. The van der Waals surface area contributed by atoms with Crippen LogP contribution in [0, 0.1) is 0 Å². The van der Waals surface area contributed by atoms with E-state index in [2.05, 4.69) is 12.1 Å². The Morgan fingerprint density at radius 3 is 2.89 bits per heavy atom.